The Balaban J connectivity index is 1.97. The smallest absolute Gasteiger partial charge is 0.255 e. The summed E-state index contributed by atoms with van der Waals surface area (Å²) in [7, 11) is 1.70. The van der Waals surface area contributed by atoms with Gasteiger partial charge in [0, 0.05) is 45.2 Å². The lowest BCUT2D eigenvalue weighted by molar-refractivity contribution is -0.127. The number of carbonyl (C=O) groups excluding carboxylic acids is 2. The second-order valence-corrected chi connectivity index (χ2v) is 5.12. The van der Waals surface area contributed by atoms with E-state index < -0.39 is 0 Å². The molecule has 1 aliphatic rings. The van der Waals surface area contributed by atoms with E-state index in [0.29, 0.717) is 31.6 Å². The molecule has 1 N–H and O–H groups in total. The molecule has 108 valence electrons. The van der Waals surface area contributed by atoms with Gasteiger partial charge in [0.05, 0.1) is 11.8 Å². The van der Waals surface area contributed by atoms with E-state index in [1.54, 1.807) is 16.8 Å². The second-order valence-electron chi connectivity index (χ2n) is 5.12. The summed E-state index contributed by atoms with van der Waals surface area (Å²) in [5.74, 6) is 0.0901. The molecule has 0 spiro atoms. The van der Waals surface area contributed by atoms with Crippen molar-refractivity contribution < 1.29 is 14.7 Å². The highest BCUT2D eigenvalue weighted by Gasteiger charge is 2.30. The molecule has 1 fully saturated rings. The van der Waals surface area contributed by atoms with Crippen LogP contribution in [0.5, 0.6) is 5.75 Å². The molecule has 2 heterocycles. The fraction of sp³-hybridized carbons (Fsp3) is 0.500. The Labute approximate surface area is 118 Å². The monoisotopic (exact) mass is 277 g/mol. The predicted molar refractivity (Wildman–Crippen MR) is 73.2 cm³/mol. The lowest BCUT2D eigenvalue weighted by atomic mass is 10.1. The molecule has 0 unspecified atom stereocenters. The Hall–Kier alpha value is -2.11. The maximum atomic E-state index is 12.2. The first-order valence-corrected chi connectivity index (χ1v) is 6.68. The topological polar surface area (TPSA) is 73.7 Å². The van der Waals surface area contributed by atoms with Gasteiger partial charge in [0.25, 0.3) is 5.91 Å². The van der Waals surface area contributed by atoms with Crippen LogP contribution in [-0.2, 0) is 4.79 Å². The molecule has 20 heavy (non-hydrogen) atoms. The molecule has 2 rings (SSSR count). The molecule has 1 aliphatic heterocycles. The number of rotatable bonds is 4. The van der Waals surface area contributed by atoms with Crippen LogP contribution in [0.3, 0.4) is 0 Å². The molecule has 0 bridgehead atoms. The SMILES string of the molecule is CCN1C[C@@H](CN(C)C(=O)c2cncc(O)c2)CC1=O. The third-order valence-electron chi connectivity index (χ3n) is 3.53. The minimum atomic E-state index is -0.198. The van der Waals surface area contributed by atoms with Crippen molar-refractivity contribution in [3.05, 3.63) is 24.0 Å². The number of hydrogen-bond acceptors (Lipinski definition) is 4. The van der Waals surface area contributed by atoms with Gasteiger partial charge in [-0.3, -0.25) is 14.6 Å². The van der Waals surface area contributed by atoms with Gasteiger partial charge in [0.2, 0.25) is 5.91 Å². The van der Waals surface area contributed by atoms with Crippen LogP contribution >= 0.6 is 0 Å². The highest BCUT2D eigenvalue weighted by atomic mass is 16.3. The maximum Gasteiger partial charge on any atom is 0.255 e. The predicted octanol–water partition coefficient (Wildman–Crippen LogP) is 0.728. The molecule has 1 aromatic heterocycles. The largest absolute Gasteiger partial charge is 0.506 e. The van der Waals surface area contributed by atoms with Crippen LogP contribution in [0, 0.1) is 5.92 Å². The Morgan fingerprint density at radius 1 is 1.55 bits per heavy atom. The van der Waals surface area contributed by atoms with Crippen LogP contribution in [0.15, 0.2) is 18.5 Å². The zero-order valence-corrected chi connectivity index (χ0v) is 11.7. The van der Waals surface area contributed by atoms with Gasteiger partial charge in [0.15, 0.2) is 0 Å². The number of hydrogen-bond donors (Lipinski definition) is 1. The average Bonchev–Trinajstić information content (AvgIpc) is 2.77. The number of pyridine rings is 1. The van der Waals surface area contributed by atoms with Gasteiger partial charge in [0.1, 0.15) is 5.75 Å². The molecule has 1 saturated heterocycles. The Bertz CT molecular complexity index is 518. The number of likely N-dealkylation sites (tertiary alicyclic amines) is 1. The summed E-state index contributed by atoms with van der Waals surface area (Å²) in [6.45, 7) is 3.89. The molecule has 0 saturated carbocycles. The minimum Gasteiger partial charge on any atom is -0.506 e. The average molecular weight is 277 g/mol. The van der Waals surface area contributed by atoms with Gasteiger partial charge in [-0.05, 0) is 13.0 Å². The normalized spacial score (nSPS) is 18.4. The number of nitrogens with zero attached hydrogens (tertiary/aromatic N) is 3. The molecular weight excluding hydrogens is 258 g/mol. The standard InChI is InChI=1S/C14H19N3O3/c1-3-17-9-10(4-13(17)19)8-16(2)14(20)11-5-12(18)7-15-6-11/h5-7,10,18H,3-4,8-9H2,1-2H3/t10-/m1/s1. The Morgan fingerprint density at radius 3 is 2.90 bits per heavy atom. The molecule has 6 heteroatoms. The van der Waals surface area contributed by atoms with Gasteiger partial charge >= 0.3 is 0 Å². The van der Waals surface area contributed by atoms with Crippen molar-refractivity contribution in [3.8, 4) is 5.75 Å². The lowest BCUT2D eigenvalue weighted by Gasteiger charge is -2.21. The summed E-state index contributed by atoms with van der Waals surface area (Å²) < 4.78 is 0. The lowest BCUT2D eigenvalue weighted by Crippen LogP contribution is -2.33. The highest BCUT2D eigenvalue weighted by Crippen LogP contribution is 2.19. The molecule has 0 radical (unpaired) electrons. The molecule has 2 amide bonds. The van der Waals surface area contributed by atoms with Gasteiger partial charge in [-0.2, -0.15) is 0 Å². The van der Waals surface area contributed by atoms with Gasteiger partial charge < -0.3 is 14.9 Å². The van der Waals surface area contributed by atoms with E-state index in [4.69, 9.17) is 0 Å². The third kappa shape index (κ3) is 3.07. The van der Waals surface area contributed by atoms with E-state index >= 15 is 0 Å². The second kappa shape index (κ2) is 5.90. The van der Waals surface area contributed by atoms with E-state index in [0.717, 1.165) is 0 Å². The number of amides is 2. The Morgan fingerprint density at radius 2 is 2.30 bits per heavy atom. The van der Waals surface area contributed by atoms with E-state index in [-0.39, 0.29) is 23.5 Å². The first-order valence-electron chi connectivity index (χ1n) is 6.68. The summed E-state index contributed by atoms with van der Waals surface area (Å²) in [6, 6.07) is 1.39. The van der Waals surface area contributed by atoms with E-state index in [1.807, 2.05) is 6.92 Å². The Kier molecular flexibility index (Phi) is 4.22. The van der Waals surface area contributed by atoms with Crippen molar-refractivity contribution in [2.24, 2.45) is 5.92 Å². The molecule has 0 aromatic carbocycles. The van der Waals surface area contributed by atoms with Crippen molar-refractivity contribution >= 4 is 11.8 Å². The van der Waals surface area contributed by atoms with Crippen molar-refractivity contribution in [1.29, 1.82) is 0 Å². The summed E-state index contributed by atoms with van der Waals surface area (Å²) >= 11 is 0. The van der Waals surface area contributed by atoms with Crippen LogP contribution < -0.4 is 0 Å². The van der Waals surface area contributed by atoms with Crippen LogP contribution in [-0.4, -0.2) is 58.4 Å². The van der Waals surface area contributed by atoms with E-state index in [9.17, 15) is 14.7 Å². The molecule has 0 aliphatic carbocycles. The quantitative estimate of drug-likeness (QED) is 0.880. The number of carbonyl (C=O) groups is 2. The summed E-state index contributed by atoms with van der Waals surface area (Å²) in [5.41, 5.74) is 0.351. The van der Waals surface area contributed by atoms with Crippen molar-refractivity contribution in [2.45, 2.75) is 13.3 Å². The highest BCUT2D eigenvalue weighted by molar-refractivity contribution is 5.94. The van der Waals surface area contributed by atoms with Crippen LogP contribution in [0.4, 0.5) is 0 Å². The maximum absolute atomic E-state index is 12.2. The molecular formula is C14H19N3O3. The first kappa shape index (κ1) is 14.3. The van der Waals surface area contributed by atoms with Crippen molar-refractivity contribution in [3.63, 3.8) is 0 Å². The zero-order valence-electron chi connectivity index (χ0n) is 11.7. The number of aromatic hydroxyl groups is 1. The van der Waals surface area contributed by atoms with E-state index in [1.165, 1.54) is 18.5 Å². The summed E-state index contributed by atoms with van der Waals surface area (Å²) in [6.07, 6.45) is 3.20. The molecule has 1 atom stereocenters. The van der Waals surface area contributed by atoms with Gasteiger partial charge in [-0.15, -0.1) is 0 Å². The van der Waals surface area contributed by atoms with Gasteiger partial charge in [-0.1, -0.05) is 0 Å². The van der Waals surface area contributed by atoms with Crippen LogP contribution in [0.25, 0.3) is 0 Å². The fourth-order valence-corrected chi connectivity index (χ4v) is 2.52. The summed E-state index contributed by atoms with van der Waals surface area (Å²) in [4.78, 5) is 31.0. The van der Waals surface area contributed by atoms with Crippen molar-refractivity contribution in [2.75, 3.05) is 26.7 Å². The van der Waals surface area contributed by atoms with Crippen molar-refractivity contribution in [1.82, 2.24) is 14.8 Å². The molecule has 6 nitrogen and oxygen atoms in total. The van der Waals surface area contributed by atoms with E-state index in [2.05, 4.69) is 4.98 Å². The molecule has 1 aromatic rings. The summed E-state index contributed by atoms with van der Waals surface area (Å²) in [5, 5.41) is 9.34. The number of aromatic nitrogens is 1. The third-order valence-corrected chi connectivity index (χ3v) is 3.53. The zero-order chi connectivity index (χ0) is 14.7. The minimum absolute atomic E-state index is 0.0301. The van der Waals surface area contributed by atoms with Gasteiger partial charge in [-0.25, -0.2) is 0 Å². The van der Waals surface area contributed by atoms with Crippen LogP contribution in [0.1, 0.15) is 23.7 Å². The van der Waals surface area contributed by atoms with Crippen LogP contribution in [0.2, 0.25) is 0 Å². The first-order chi connectivity index (χ1) is 9.51. The fourth-order valence-electron chi connectivity index (χ4n) is 2.52.